The molecule has 1 N–H and O–H groups in total. The summed E-state index contributed by atoms with van der Waals surface area (Å²) in [5.74, 6) is -0.879. The molecular weight excluding hydrogens is 261 g/mol. The summed E-state index contributed by atoms with van der Waals surface area (Å²) in [5.41, 5.74) is 0.577. The Bertz CT molecular complexity index is 431. The molecule has 1 saturated heterocycles. The van der Waals surface area contributed by atoms with Crippen molar-refractivity contribution in [3.63, 3.8) is 0 Å². The summed E-state index contributed by atoms with van der Waals surface area (Å²) in [7, 11) is 0. The molecule has 0 bridgehead atoms. The molecule has 1 aliphatic heterocycles. The van der Waals surface area contributed by atoms with Crippen LogP contribution < -0.4 is 0 Å². The zero-order valence-corrected chi connectivity index (χ0v) is 10.7. The number of nitrogens with zero attached hydrogens (tertiary/aromatic N) is 1. The number of carboxylic acids is 1. The molecule has 1 fully saturated rings. The highest BCUT2D eigenvalue weighted by molar-refractivity contribution is 6.33. The Morgan fingerprint density at radius 3 is 2.53 bits per heavy atom. The molecule has 1 heterocycles. The highest BCUT2D eigenvalue weighted by Crippen LogP contribution is 2.32. The molecule has 0 radical (unpaired) electrons. The average Bonchev–Trinajstić information content (AvgIpc) is 2.76. The van der Waals surface area contributed by atoms with Gasteiger partial charge in [0.1, 0.15) is 6.04 Å². The van der Waals surface area contributed by atoms with Crippen LogP contribution in [0.1, 0.15) is 24.4 Å². The van der Waals surface area contributed by atoms with Gasteiger partial charge in [0.25, 0.3) is 0 Å². The SMILES string of the molecule is O=C(O)C(c1cc(Cl)ccc1Cl)N1CCCC1. The normalized spacial score (nSPS) is 18.2. The first kappa shape index (κ1) is 12.7. The number of carboxylic acid groups (broad SMARTS) is 1. The van der Waals surface area contributed by atoms with Crippen molar-refractivity contribution < 1.29 is 9.90 Å². The first-order valence-corrected chi connectivity index (χ1v) is 6.27. The molecule has 1 atom stereocenters. The molecule has 5 heteroatoms. The molecule has 0 aromatic heterocycles. The van der Waals surface area contributed by atoms with Crippen LogP contribution in [0.2, 0.25) is 10.0 Å². The number of hydrogen-bond donors (Lipinski definition) is 1. The third-order valence-corrected chi connectivity index (χ3v) is 3.57. The molecule has 0 saturated carbocycles. The molecule has 1 aliphatic rings. The fraction of sp³-hybridized carbons (Fsp3) is 0.417. The Balaban J connectivity index is 2.37. The van der Waals surface area contributed by atoms with E-state index in [-0.39, 0.29) is 0 Å². The summed E-state index contributed by atoms with van der Waals surface area (Å²) in [5, 5.41) is 10.3. The molecule has 0 spiro atoms. The number of likely N-dealkylation sites (tertiary alicyclic amines) is 1. The second-order valence-electron chi connectivity index (χ2n) is 4.15. The zero-order chi connectivity index (χ0) is 12.4. The van der Waals surface area contributed by atoms with Crippen LogP contribution in [0.3, 0.4) is 0 Å². The minimum atomic E-state index is -0.879. The van der Waals surface area contributed by atoms with Crippen LogP contribution in [0.15, 0.2) is 18.2 Å². The van der Waals surface area contributed by atoms with Gasteiger partial charge in [0, 0.05) is 15.6 Å². The number of hydrogen-bond acceptors (Lipinski definition) is 2. The second kappa shape index (κ2) is 5.25. The van der Waals surface area contributed by atoms with E-state index < -0.39 is 12.0 Å². The van der Waals surface area contributed by atoms with Crippen molar-refractivity contribution in [1.29, 1.82) is 0 Å². The second-order valence-corrected chi connectivity index (χ2v) is 4.99. The van der Waals surface area contributed by atoms with Gasteiger partial charge >= 0.3 is 5.97 Å². The van der Waals surface area contributed by atoms with Crippen molar-refractivity contribution in [2.75, 3.05) is 13.1 Å². The maximum absolute atomic E-state index is 11.4. The number of rotatable bonds is 3. The third kappa shape index (κ3) is 2.73. The van der Waals surface area contributed by atoms with Crippen LogP contribution >= 0.6 is 23.2 Å². The summed E-state index contributed by atoms with van der Waals surface area (Å²) >= 11 is 12.0. The van der Waals surface area contributed by atoms with Gasteiger partial charge in [0.2, 0.25) is 0 Å². The first-order chi connectivity index (χ1) is 8.09. The summed E-state index contributed by atoms with van der Waals surface area (Å²) in [6, 6.07) is 4.26. The maximum atomic E-state index is 11.4. The van der Waals surface area contributed by atoms with E-state index in [9.17, 15) is 9.90 Å². The van der Waals surface area contributed by atoms with Gasteiger partial charge in [0.05, 0.1) is 0 Å². The lowest BCUT2D eigenvalue weighted by molar-refractivity contribution is -0.143. The molecule has 0 aliphatic carbocycles. The topological polar surface area (TPSA) is 40.5 Å². The minimum Gasteiger partial charge on any atom is -0.480 e. The lowest BCUT2D eigenvalue weighted by Crippen LogP contribution is -2.31. The molecule has 92 valence electrons. The van der Waals surface area contributed by atoms with Crippen LogP contribution in [-0.2, 0) is 4.79 Å². The Morgan fingerprint density at radius 1 is 1.29 bits per heavy atom. The van der Waals surface area contributed by atoms with Crippen LogP contribution in [-0.4, -0.2) is 29.1 Å². The molecule has 1 unspecified atom stereocenters. The fourth-order valence-corrected chi connectivity index (χ4v) is 2.61. The Labute approximate surface area is 110 Å². The quantitative estimate of drug-likeness (QED) is 0.920. The van der Waals surface area contributed by atoms with E-state index in [4.69, 9.17) is 23.2 Å². The number of aliphatic carboxylic acids is 1. The number of halogens is 2. The highest BCUT2D eigenvalue weighted by atomic mass is 35.5. The summed E-state index contributed by atoms with van der Waals surface area (Å²) in [4.78, 5) is 13.3. The van der Waals surface area contributed by atoms with Gasteiger partial charge in [0.15, 0.2) is 0 Å². The van der Waals surface area contributed by atoms with Crippen molar-refractivity contribution in [2.24, 2.45) is 0 Å². The van der Waals surface area contributed by atoms with Crippen molar-refractivity contribution in [3.05, 3.63) is 33.8 Å². The van der Waals surface area contributed by atoms with E-state index in [1.807, 2.05) is 4.90 Å². The average molecular weight is 274 g/mol. The fourth-order valence-electron chi connectivity index (χ4n) is 2.21. The highest BCUT2D eigenvalue weighted by Gasteiger charge is 2.31. The maximum Gasteiger partial charge on any atom is 0.325 e. The summed E-state index contributed by atoms with van der Waals surface area (Å²) in [6.45, 7) is 1.58. The monoisotopic (exact) mass is 273 g/mol. The van der Waals surface area contributed by atoms with Gasteiger partial charge in [-0.2, -0.15) is 0 Å². The molecule has 3 nitrogen and oxygen atoms in total. The van der Waals surface area contributed by atoms with Gasteiger partial charge in [-0.05, 0) is 44.1 Å². The van der Waals surface area contributed by atoms with Crippen molar-refractivity contribution >= 4 is 29.2 Å². The van der Waals surface area contributed by atoms with Crippen LogP contribution in [0.25, 0.3) is 0 Å². The molecule has 2 rings (SSSR count). The van der Waals surface area contributed by atoms with E-state index in [1.54, 1.807) is 18.2 Å². The molecular formula is C12H13Cl2NO2. The number of carbonyl (C=O) groups is 1. The molecule has 1 aromatic carbocycles. The van der Waals surface area contributed by atoms with E-state index in [1.165, 1.54) is 0 Å². The van der Waals surface area contributed by atoms with E-state index in [0.717, 1.165) is 25.9 Å². The molecule has 17 heavy (non-hydrogen) atoms. The minimum absolute atomic E-state index is 0.453. The van der Waals surface area contributed by atoms with Gasteiger partial charge in [-0.1, -0.05) is 23.2 Å². The predicted molar refractivity (Wildman–Crippen MR) is 67.6 cm³/mol. The lowest BCUT2D eigenvalue weighted by Gasteiger charge is -2.24. The van der Waals surface area contributed by atoms with Crippen LogP contribution in [0, 0.1) is 0 Å². The predicted octanol–water partition coefficient (Wildman–Crippen LogP) is 3.21. The van der Waals surface area contributed by atoms with E-state index in [2.05, 4.69) is 0 Å². The Morgan fingerprint density at radius 2 is 1.94 bits per heavy atom. The largest absolute Gasteiger partial charge is 0.480 e. The van der Waals surface area contributed by atoms with E-state index in [0.29, 0.717) is 15.6 Å². The zero-order valence-electron chi connectivity index (χ0n) is 9.20. The smallest absolute Gasteiger partial charge is 0.325 e. The van der Waals surface area contributed by atoms with Crippen molar-refractivity contribution in [3.8, 4) is 0 Å². The lowest BCUT2D eigenvalue weighted by atomic mass is 10.1. The van der Waals surface area contributed by atoms with Gasteiger partial charge in [-0.25, -0.2) is 0 Å². The van der Waals surface area contributed by atoms with Crippen LogP contribution in [0.4, 0.5) is 0 Å². The van der Waals surface area contributed by atoms with Gasteiger partial charge < -0.3 is 5.11 Å². The Kier molecular flexibility index (Phi) is 3.92. The standard InChI is InChI=1S/C12H13Cl2NO2/c13-8-3-4-10(14)9(7-8)11(12(16)17)15-5-1-2-6-15/h3-4,7,11H,1-2,5-6H2,(H,16,17). The summed E-state index contributed by atoms with van der Waals surface area (Å²) in [6.07, 6.45) is 2.06. The Hall–Kier alpha value is -0.770. The van der Waals surface area contributed by atoms with E-state index >= 15 is 0 Å². The van der Waals surface area contributed by atoms with Crippen molar-refractivity contribution in [2.45, 2.75) is 18.9 Å². The first-order valence-electron chi connectivity index (χ1n) is 5.51. The molecule has 1 aromatic rings. The summed E-state index contributed by atoms with van der Waals surface area (Å²) < 4.78 is 0. The third-order valence-electron chi connectivity index (χ3n) is 2.99. The van der Waals surface area contributed by atoms with Crippen LogP contribution in [0.5, 0.6) is 0 Å². The van der Waals surface area contributed by atoms with Gasteiger partial charge in [-0.3, -0.25) is 9.69 Å². The number of benzene rings is 1. The van der Waals surface area contributed by atoms with Gasteiger partial charge in [-0.15, -0.1) is 0 Å². The van der Waals surface area contributed by atoms with Crippen molar-refractivity contribution in [1.82, 2.24) is 4.90 Å². The molecule has 0 amide bonds.